The molecule has 0 N–H and O–H groups in total. The van der Waals surface area contributed by atoms with Crippen LogP contribution in [-0.4, -0.2) is 16.6 Å². The smallest absolute Gasteiger partial charge is 0.267 e. The minimum Gasteiger partial charge on any atom is -0.267 e. The van der Waals surface area contributed by atoms with E-state index in [1.165, 1.54) is 0 Å². The molecule has 1 aliphatic heterocycles. The van der Waals surface area contributed by atoms with Gasteiger partial charge >= 0.3 is 0 Å². The van der Waals surface area contributed by atoms with Crippen LogP contribution in [0.25, 0.3) is 0 Å². The third-order valence-electron chi connectivity index (χ3n) is 4.27. The van der Waals surface area contributed by atoms with Crippen molar-refractivity contribution in [3.8, 4) is 0 Å². The molecule has 0 aliphatic carbocycles. The van der Waals surface area contributed by atoms with E-state index in [-0.39, 0.29) is 11.9 Å². The van der Waals surface area contributed by atoms with Crippen molar-refractivity contribution < 1.29 is 4.79 Å². The Morgan fingerprint density at radius 2 is 1.85 bits per heavy atom. The van der Waals surface area contributed by atoms with Gasteiger partial charge in [0.15, 0.2) is 0 Å². The van der Waals surface area contributed by atoms with Crippen molar-refractivity contribution in [2.24, 2.45) is 5.10 Å². The SMILES string of the molecule is O=C(c1ccc(Cl)cc1)N1N=C(c2cccs2)CC1c1ccc(Br)cc1. The standard InChI is InChI=1S/C20H14BrClN2OS/c21-15-7-3-13(4-8-15)18-12-17(19-2-1-11-26-19)23-24(18)20(25)14-5-9-16(22)10-6-14/h1-11,18H,12H2. The van der Waals surface area contributed by atoms with Crippen molar-refractivity contribution in [3.05, 3.63) is 91.5 Å². The highest BCUT2D eigenvalue weighted by Crippen LogP contribution is 2.35. The normalized spacial score (nSPS) is 16.6. The van der Waals surface area contributed by atoms with E-state index in [1.807, 2.05) is 41.8 Å². The minimum absolute atomic E-state index is 0.122. The number of rotatable bonds is 3. The predicted octanol–water partition coefficient (Wildman–Crippen LogP) is 6.16. The van der Waals surface area contributed by atoms with Crippen molar-refractivity contribution >= 4 is 50.5 Å². The molecule has 1 unspecified atom stereocenters. The van der Waals surface area contributed by atoms with E-state index < -0.39 is 0 Å². The molecule has 1 aliphatic rings. The summed E-state index contributed by atoms with van der Waals surface area (Å²) in [5.41, 5.74) is 2.58. The van der Waals surface area contributed by atoms with Gasteiger partial charge in [-0.3, -0.25) is 4.79 Å². The fourth-order valence-electron chi connectivity index (χ4n) is 2.96. The molecule has 0 bridgehead atoms. The Bertz CT molecular complexity index is 952. The molecule has 1 amide bonds. The van der Waals surface area contributed by atoms with Gasteiger partial charge in [-0.15, -0.1) is 11.3 Å². The lowest BCUT2D eigenvalue weighted by Gasteiger charge is -2.22. The van der Waals surface area contributed by atoms with Crippen LogP contribution in [0.3, 0.4) is 0 Å². The van der Waals surface area contributed by atoms with E-state index in [1.54, 1.807) is 40.6 Å². The number of halogens is 2. The van der Waals surface area contributed by atoms with Crippen LogP contribution in [0.15, 0.2) is 75.6 Å². The van der Waals surface area contributed by atoms with Crippen molar-refractivity contribution in [3.63, 3.8) is 0 Å². The van der Waals surface area contributed by atoms with Gasteiger partial charge in [0, 0.05) is 21.5 Å². The third-order valence-corrected chi connectivity index (χ3v) is 5.97. The maximum Gasteiger partial charge on any atom is 0.274 e. The molecule has 6 heteroatoms. The Morgan fingerprint density at radius 3 is 2.50 bits per heavy atom. The molecule has 1 atom stereocenters. The predicted molar refractivity (Wildman–Crippen MR) is 110 cm³/mol. The molecule has 1 aromatic heterocycles. The Balaban J connectivity index is 1.71. The first-order chi connectivity index (χ1) is 12.6. The van der Waals surface area contributed by atoms with Crippen LogP contribution >= 0.6 is 38.9 Å². The van der Waals surface area contributed by atoms with E-state index in [0.29, 0.717) is 17.0 Å². The van der Waals surface area contributed by atoms with Gasteiger partial charge in [0.05, 0.1) is 16.6 Å². The maximum absolute atomic E-state index is 13.1. The Morgan fingerprint density at radius 1 is 1.12 bits per heavy atom. The zero-order chi connectivity index (χ0) is 18.1. The van der Waals surface area contributed by atoms with Crippen LogP contribution in [0.1, 0.15) is 33.3 Å². The second-order valence-corrected chi connectivity index (χ2v) is 8.25. The van der Waals surface area contributed by atoms with Gasteiger partial charge in [-0.1, -0.05) is 45.7 Å². The Kier molecular flexibility index (Phi) is 4.94. The number of carbonyl (C=O) groups excluding carboxylic acids is 1. The number of benzene rings is 2. The largest absolute Gasteiger partial charge is 0.274 e. The second-order valence-electron chi connectivity index (χ2n) is 5.95. The monoisotopic (exact) mass is 444 g/mol. The van der Waals surface area contributed by atoms with E-state index in [9.17, 15) is 4.79 Å². The van der Waals surface area contributed by atoms with Crippen molar-refractivity contribution in [1.29, 1.82) is 0 Å². The highest BCUT2D eigenvalue weighted by Gasteiger charge is 2.33. The summed E-state index contributed by atoms with van der Waals surface area (Å²) in [7, 11) is 0. The average molecular weight is 446 g/mol. The van der Waals surface area contributed by atoms with E-state index in [2.05, 4.69) is 21.0 Å². The van der Waals surface area contributed by atoms with Gasteiger partial charge < -0.3 is 0 Å². The molecule has 2 aromatic carbocycles. The number of nitrogens with zero attached hydrogens (tertiary/aromatic N) is 2. The van der Waals surface area contributed by atoms with E-state index >= 15 is 0 Å². The third kappa shape index (κ3) is 3.47. The van der Waals surface area contributed by atoms with Crippen LogP contribution in [0, 0.1) is 0 Å². The molecule has 0 fully saturated rings. The second kappa shape index (κ2) is 7.35. The number of hydrazone groups is 1. The molecule has 130 valence electrons. The van der Waals surface area contributed by atoms with Crippen LogP contribution in [0.4, 0.5) is 0 Å². The highest BCUT2D eigenvalue weighted by atomic mass is 79.9. The molecular formula is C20H14BrClN2OS. The lowest BCUT2D eigenvalue weighted by Crippen LogP contribution is -2.27. The van der Waals surface area contributed by atoms with Gasteiger partial charge in [-0.05, 0) is 53.4 Å². The van der Waals surface area contributed by atoms with Crippen molar-refractivity contribution in [1.82, 2.24) is 5.01 Å². The van der Waals surface area contributed by atoms with Gasteiger partial charge in [-0.2, -0.15) is 5.10 Å². The zero-order valence-electron chi connectivity index (χ0n) is 13.6. The molecule has 2 heterocycles. The zero-order valence-corrected chi connectivity index (χ0v) is 16.8. The maximum atomic E-state index is 13.1. The molecule has 0 spiro atoms. The first-order valence-corrected chi connectivity index (χ1v) is 10.1. The van der Waals surface area contributed by atoms with Crippen LogP contribution in [-0.2, 0) is 0 Å². The first kappa shape index (κ1) is 17.5. The summed E-state index contributed by atoms with van der Waals surface area (Å²) < 4.78 is 1.01. The Labute approximate surface area is 169 Å². The molecule has 0 saturated carbocycles. The number of hydrogen-bond acceptors (Lipinski definition) is 3. The quantitative estimate of drug-likeness (QED) is 0.475. The molecule has 3 nitrogen and oxygen atoms in total. The molecular weight excluding hydrogens is 432 g/mol. The van der Waals surface area contributed by atoms with Crippen LogP contribution in [0.5, 0.6) is 0 Å². The fourth-order valence-corrected chi connectivity index (χ4v) is 4.07. The summed E-state index contributed by atoms with van der Waals surface area (Å²) in [6.07, 6.45) is 0.696. The molecule has 0 saturated heterocycles. The van der Waals surface area contributed by atoms with Gasteiger partial charge in [0.2, 0.25) is 0 Å². The summed E-state index contributed by atoms with van der Waals surface area (Å²) in [6.45, 7) is 0. The first-order valence-electron chi connectivity index (χ1n) is 8.08. The van der Waals surface area contributed by atoms with Gasteiger partial charge in [-0.25, -0.2) is 5.01 Å². The summed E-state index contributed by atoms with van der Waals surface area (Å²) in [4.78, 5) is 14.2. The van der Waals surface area contributed by atoms with Gasteiger partial charge in [0.25, 0.3) is 5.91 Å². The van der Waals surface area contributed by atoms with E-state index in [4.69, 9.17) is 11.6 Å². The number of carbonyl (C=O) groups is 1. The summed E-state index contributed by atoms with van der Waals surface area (Å²) in [5.74, 6) is -0.124. The average Bonchev–Trinajstić information content (AvgIpc) is 3.32. The molecule has 0 radical (unpaired) electrons. The summed E-state index contributed by atoms with van der Waals surface area (Å²) >= 11 is 11.1. The lowest BCUT2D eigenvalue weighted by molar-refractivity contribution is 0.0711. The Hall–Kier alpha value is -1.95. The van der Waals surface area contributed by atoms with Crippen LogP contribution < -0.4 is 0 Å². The molecule has 26 heavy (non-hydrogen) atoms. The number of hydrogen-bond donors (Lipinski definition) is 0. The molecule has 4 rings (SSSR count). The summed E-state index contributed by atoms with van der Waals surface area (Å²) in [5, 5.41) is 8.91. The minimum atomic E-state index is -0.124. The topological polar surface area (TPSA) is 32.7 Å². The summed E-state index contributed by atoms with van der Waals surface area (Å²) in [6, 6.07) is 18.9. The van der Waals surface area contributed by atoms with Crippen molar-refractivity contribution in [2.45, 2.75) is 12.5 Å². The fraction of sp³-hybridized carbons (Fsp3) is 0.100. The number of thiophene rings is 1. The van der Waals surface area contributed by atoms with E-state index in [0.717, 1.165) is 20.6 Å². The number of amides is 1. The van der Waals surface area contributed by atoms with Crippen molar-refractivity contribution in [2.75, 3.05) is 0 Å². The van der Waals surface area contributed by atoms with Gasteiger partial charge in [0.1, 0.15) is 0 Å². The van der Waals surface area contributed by atoms with Crippen LogP contribution in [0.2, 0.25) is 5.02 Å². The highest BCUT2D eigenvalue weighted by molar-refractivity contribution is 9.10. The molecule has 3 aromatic rings. The lowest BCUT2D eigenvalue weighted by atomic mass is 10.0.